The van der Waals surface area contributed by atoms with Crippen LogP contribution >= 0.6 is 0 Å². The standard InChI is InChI=1S/C13H16O4/c1-3-12(14)16-10-6-9-5-8(10)7-11(9)17-13(15)4-2/h3-4,8-11H,1-2,5-7H2. The Morgan fingerprint density at radius 3 is 1.59 bits per heavy atom. The van der Waals surface area contributed by atoms with Gasteiger partial charge in [0.2, 0.25) is 0 Å². The average Bonchev–Trinajstić information content (AvgIpc) is 2.88. The summed E-state index contributed by atoms with van der Waals surface area (Å²) in [6.45, 7) is 6.75. The van der Waals surface area contributed by atoms with Crippen LogP contribution in [-0.4, -0.2) is 24.1 Å². The molecular weight excluding hydrogens is 220 g/mol. The normalized spacial score (nSPS) is 34.1. The third-order valence-corrected chi connectivity index (χ3v) is 3.60. The minimum Gasteiger partial charge on any atom is -0.459 e. The number of carbonyl (C=O) groups excluding carboxylic acids is 2. The largest absolute Gasteiger partial charge is 0.459 e. The molecule has 17 heavy (non-hydrogen) atoms. The summed E-state index contributed by atoms with van der Waals surface area (Å²) in [4.78, 5) is 22.2. The number of hydrogen-bond donors (Lipinski definition) is 0. The topological polar surface area (TPSA) is 52.6 Å². The molecule has 92 valence electrons. The monoisotopic (exact) mass is 236 g/mol. The van der Waals surface area contributed by atoms with Crippen LogP contribution in [0.15, 0.2) is 25.3 Å². The van der Waals surface area contributed by atoms with Gasteiger partial charge in [0.05, 0.1) is 0 Å². The smallest absolute Gasteiger partial charge is 0.330 e. The molecule has 4 unspecified atom stereocenters. The van der Waals surface area contributed by atoms with E-state index < -0.39 is 0 Å². The number of esters is 2. The van der Waals surface area contributed by atoms with Crippen LogP contribution < -0.4 is 0 Å². The van der Waals surface area contributed by atoms with Crippen molar-refractivity contribution in [2.45, 2.75) is 31.5 Å². The number of hydrogen-bond acceptors (Lipinski definition) is 4. The van der Waals surface area contributed by atoms with E-state index in [0.717, 1.165) is 19.3 Å². The third kappa shape index (κ3) is 2.40. The second-order valence-corrected chi connectivity index (χ2v) is 4.59. The van der Waals surface area contributed by atoms with E-state index in [1.54, 1.807) is 0 Å². The van der Waals surface area contributed by atoms with Crippen molar-refractivity contribution in [2.75, 3.05) is 0 Å². The van der Waals surface area contributed by atoms with Crippen LogP contribution in [0, 0.1) is 11.8 Å². The predicted molar refractivity (Wildman–Crippen MR) is 61.0 cm³/mol. The molecule has 0 aromatic heterocycles. The fraction of sp³-hybridized carbons (Fsp3) is 0.538. The third-order valence-electron chi connectivity index (χ3n) is 3.60. The maximum Gasteiger partial charge on any atom is 0.330 e. The fourth-order valence-corrected chi connectivity index (χ4v) is 2.85. The summed E-state index contributed by atoms with van der Waals surface area (Å²) in [7, 11) is 0. The lowest BCUT2D eigenvalue weighted by molar-refractivity contribution is -0.152. The molecule has 2 aliphatic carbocycles. The Balaban J connectivity index is 1.87. The summed E-state index contributed by atoms with van der Waals surface area (Å²) in [6, 6.07) is 0. The van der Waals surface area contributed by atoms with Gasteiger partial charge in [0, 0.05) is 12.2 Å². The van der Waals surface area contributed by atoms with Gasteiger partial charge in [-0.1, -0.05) is 13.2 Å². The maximum atomic E-state index is 11.1. The first-order valence-corrected chi connectivity index (χ1v) is 5.80. The number of carbonyl (C=O) groups is 2. The van der Waals surface area contributed by atoms with Gasteiger partial charge in [-0.15, -0.1) is 0 Å². The highest BCUT2D eigenvalue weighted by Gasteiger charge is 2.49. The zero-order valence-corrected chi connectivity index (χ0v) is 9.63. The molecule has 0 aromatic carbocycles. The van der Waals surface area contributed by atoms with Crippen molar-refractivity contribution < 1.29 is 19.1 Å². The molecule has 2 rings (SSSR count). The van der Waals surface area contributed by atoms with Crippen LogP contribution in [0.3, 0.4) is 0 Å². The van der Waals surface area contributed by atoms with Gasteiger partial charge in [0.15, 0.2) is 0 Å². The quantitative estimate of drug-likeness (QED) is 0.549. The van der Waals surface area contributed by atoms with Crippen LogP contribution in [0.5, 0.6) is 0 Å². The molecule has 2 aliphatic rings. The Morgan fingerprint density at radius 2 is 1.29 bits per heavy atom. The van der Waals surface area contributed by atoms with Crippen LogP contribution in [0.2, 0.25) is 0 Å². The van der Waals surface area contributed by atoms with Crippen molar-refractivity contribution in [3.63, 3.8) is 0 Å². The molecular formula is C13H16O4. The van der Waals surface area contributed by atoms with E-state index in [2.05, 4.69) is 13.2 Å². The van der Waals surface area contributed by atoms with Gasteiger partial charge in [-0.05, 0) is 31.1 Å². The van der Waals surface area contributed by atoms with Crippen molar-refractivity contribution in [2.24, 2.45) is 11.8 Å². The molecule has 2 fully saturated rings. The molecule has 0 spiro atoms. The number of ether oxygens (including phenoxy) is 2. The lowest BCUT2D eigenvalue weighted by atomic mass is 9.95. The summed E-state index contributed by atoms with van der Waals surface area (Å²) < 4.78 is 10.5. The molecule has 4 nitrogen and oxygen atoms in total. The Hall–Kier alpha value is -1.58. The van der Waals surface area contributed by atoms with Crippen LogP contribution in [-0.2, 0) is 19.1 Å². The van der Waals surface area contributed by atoms with Crippen molar-refractivity contribution in [1.29, 1.82) is 0 Å². The van der Waals surface area contributed by atoms with Gasteiger partial charge in [-0.3, -0.25) is 0 Å². The Bertz CT molecular complexity index is 326. The minimum atomic E-state index is -0.373. The van der Waals surface area contributed by atoms with Gasteiger partial charge >= 0.3 is 11.9 Å². The highest BCUT2D eigenvalue weighted by Crippen LogP contribution is 2.47. The number of fused-ring (bicyclic) bond motifs is 2. The lowest BCUT2D eigenvalue weighted by Crippen LogP contribution is -2.31. The zero-order valence-electron chi connectivity index (χ0n) is 9.63. The number of rotatable bonds is 4. The molecule has 4 atom stereocenters. The molecule has 0 aliphatic heterocycles. The molecule has 0 amide bonds. The Kier molecular flexibility index (Phi) is 3.31. The highest BCUT2D eigenvalue weighted by atomic mass is 16.6. The van der Waals surface area contributed by atoms with E-state index in [4.69, 9.17) is 9.47 Å². The van der Waals surface area contributed by atoms with E-state index in [1.165, 1.54) is 12.2 Å². The summed E-state index contributed by atoms with van der Waals surface area (Å²) >= 11 is 0. The molecule has 0 aromatic rings. The molecule has 0 N–H and O–H groups in total. The molecule has 2 saturated carbocycles. The predicted octanol–water partition coefficient (Wildman–Crippen LogP) is 1.61. The Labute approximate surface area is 100 Å². The fourth-order valence-electron chi connectivity index (χ4n) is 2.85. The van der Waals surface area contributed by atoms with Crippen LogP contribution in [0.1, 0.15) is 19.3 Å². The van der Waals surface area contributed by atoms with Crippen molar-refractivity contribution in [3.05, 3.63) is 25.3 Å². The summed E-state index contributed by atoms with van der Waals surface area (Å²) in [5, 5.41) is 0. The molecule has 2 bridgehead atoms. The summed E-state index contributed by atoms with van der Waals surface area (Å²) in [6.07, 6.45) is 4.80. The molecule has 0 heterocycles. The first-order chi connectivity index (χ1) is 8.13. The molecule has 0 radical (unpaired) electrons. The minimum absolute atomic E-state index is 0.0378. The van der Waals surface area contributed by atoms with E-state index in [-0.39, 0.29) is 24.1 Å². The van der Waals surface area contributed by atoms with Gasteiger partial charge in [-0.2, -0.15) is 0 Å². The first kappa shape index (κ1) is 11.9. The van der Waals surface area contributed by atoms with E-state index >= 15 is 0 Å². The second kappa shape index (κ2) is 4.73. The van der Waals surface area contributed by atoms with Crippen molar-refractivity contribution >= 4 is 11.9 Å². The van der Waals surface area contributed by atoms with Gasteiger partial charge in [0.25, 0.3) is 0 Å². The SMILES string of the molecule is C=CC(=O)OC1CC2CC1CC2OC(=O)C=C. The van der Waals surface area contributed by atoms with Gasteiger partial charge in [-0.25, -0.2) is 9.59 Å². The Morgan fingerprint density at radius 1 is 0.882 bits per heavy atom. The molecule has 0 saturated heterocycles. The van der Waals surface area contributed by atoms with E-state index in [9.17, 15) is 9.59 Å². The van der Waals surface area contributed by atoms with E-state index in [1.807, 2.05) is 0 Å². The van der Waals surface area contributed by atoms with Crippen LogP contribution in [0.25, 0.3) is 0 Å². The second-order valence-electron chi connectivity index (χ2n) is 4.59. The first-order valence-electron chi connectivity index (χ1n) is 5.80. The van der Waals surface area contributed by atoms with Crippen molar-refractivity contribution in [1.82, 2.24) is 0 Å². The van der Waals surface area contributed by atoms with E-state index in [0.29, 0.717) is 11.8 Å². The summed E-state index contributed by atoms with van der Waals surface area (Å²) in [5.41, 5.74) is 0. The van der Waals surface area contributed by atoms with Crippen molar-refractivity contribution in [3.8, 4) is 0 Å². The average molecular weight is 236 g/mol. The zero-order chi connectivity index (χ0) is 12.4. The van der Waals surface area contributed by atoms with Gasteiger partial charge < -0.3 is 9.47 Å². The van der Waals surface area contributed by atoms with Gasteiger partial charge in [0.1, 0.15) is 12.2 Å². The summed E-state index contributed by atoms with van der Waals surface area (Å²) in [5.74, 6) is -0.123. The van der Waals surface area contributed by atoms with Crippen LogP contribution in [0.4, 0.5) is 0 Å². The highest BCUT2D eigenvalue weighted by molar-refractivity contribution is 5.81. The lowest BCUT2D eigenvalue weighted by Gasteiger charge is -2.27. The maximum absolute atomic E-state index is 11.1. The molecule has 4 heteroatoms.